The fourth-order valence-corrected chi connectivity index (χ4v) is 8.96. The van der Waals surface area contributed by atoms with Crippen LogP contribution in [0.15, 0.2) is 90.1 Å². The van der Waals surface area contributed by atoms with Gasteiger partial charge in [0.15, 0.2) is 0 Å². The van der Waals surface area contributed by atoms with E-state index in [-0.39, 0.29) is 62.9 Å². The molecule has 0 bridgehead atoms. The van der Waals surface area contributed by atoms with E-state index in [0.29, 0.717) is 41.4 Å². The molecule has 2 N–H and O–H groups in total. The van der Waals surface area contributed by atoms with Crippen molar-refractivity contribution in [2.45, 2.75) is 90.1 Å². The number of hydrogen-bond acceptors (Lipinski definition) is 11. The van der Waals surface area contributed by atoms with Crippen LogP contribution in [0, 0.1) is 41.7 Å². The standard InChI is InChI=1S/C46H57N3O10/c1-6-24-56-46-42(48(5)45(52)55-7-2)28-40(47-57-29-32-15-17-34(18-16-32)49(53)54)38-26-33(12-8-10-22-50)37(13-9-11-23-51)43(44(38)46)39-27-36(20-21-41(39)59-46)58-35-19-14-30(3)31(4)25-35/h6,14-21,25-27,33,37,42-44,50-51H,1,7-13,22-24,28-29H2,2-5H3. The third kappa shape index (κ3) is 9.48. The molecule has 3 aromatic rings. The number of ether oxygens (including phenoxy) is 4. The van der Waals surface area contributed by atoms with Crippen molar-refractivity contribution >= 4 is 17.5 Å². The predicted octanol–water partition coefficient (Wildman–Crippen LogP) is 8.93. The van der Waals surface area contributed by atoms with E-state index in [1.54, 1.807) is 32.2 Å². The van der Waals surface area contributed by atoms with Crippen molar-refractivity contribution in [1.29, 1.82) is 0 Å². The van der Waals surface area contributed by atoms with E-state index < -0.39 is 28.8 Å². The van der Waals surface area contributed by atoms with Crippen LogP contribution in [-0.2, 0) is 20.9 Å². The number of unbranched alkanes of at least 4 members (excludes halogenated alkanes) is 2. The minimum Gasteiger partial charge on any atom is -0.459 e. The third-order valence-corrected chi connectivity index (χ3v) is 11.9. The first-order chi connectivity index (χ1) is 28.5. The van der Waals surface area contributed by atoms with Gasteiger partial charge in [-0.2, -0.15) is 0 Å². The molecule has 3 aliphatic rings. The number of carbonyl (C=O) groups excluding carboxylic acids is 1. The average Bonchev–Trinajstić information content (AvgIpc) is 3.23. The summed E-state index contributed by atoms with van der Waals surface area (Å²) < 4.78 is 26.2. The average molecular weight is 812 g/mol. The molecule has 0 radical (unpaired) electrons. The summed E-state index contributed by atoms with van der Waals surface area (Å²) in [6.07, 6.45) is 8.06. The Labute approximate surface area is 346 Å². The van der Waals surface area contributed by atoms with Crippen molar-refractivity contribution in [3.8, 4) is 17.2 Å². The Balaban J connectivity index is 1.53. The van der Waals surface area contributed by atoms with Crippen LogP contribution in [0.25, 0.3) is 0 Å². The Hall–Kier alpha value is -5.24. The van der Waals surface area contributed by atoms with E-state index in [1.807, 2.05) is 30.3 Å². The van der Waals surface area contributed by atoms with Gasteiger partial charge in [-0.3, -0.25) is 10.1 Å². The highest BCUT2D eigenvalue weighted by atomic mass is 16.7. The minimum atomic E-state index is -1.42. The largest absolute Gasteiger partial charge is 0.459 e. The fraction of sp³-hybridized carbons (Fsp3) is 0.478. The zero-order chi connectivity index (χ0) is 42.1. The SMILES string of the molecule is C=CCOC12Oc3ccc(Oc4ccc(C)c(C)c4)cc3C3C(CCCCO)C(CCCCO)C=C(C(=NOCc4ccc([N+](=O)[O-])cc4)CC1N(C)C(=O)OCC)C32. The number of fused-ring (bicyclic) bond motifs is 2. The first kappa shape index (κ1) is 43.3. The number of allylic oxidation sites excluding steroid dienone is 1. The molecule has 0 aromatic heterocycles. The lowest BCUT2D eigenvalue weighted by molar-refractivity contribution is -0.384. The summed E-state index contributed by atoms with van der Waals surface area (Å²) in [5, 5.41) is 35.8. The zero-order valence-electron chi connectivity index (χ0n) is 34.5. The monoisotopic (exact) mass is 811 g/mol. The van der Waals surface area contributed by atoms with E-state index in [0.717, 1.165) is 42.4 Å². The van der Waals surface area contributed by atoms with E-state index in [9.17, 15) is 25.1 Å². The van der Waals surface area contributed by atoms with Crippen molar-refractivity contribution in [3.05, 3.63) is 117 Å². The molecule has 1 heterocycles. The lowest BCUT2D eigenvalue weighted by atomic mass is 9.55. The van der Waals surface area contributed by atoms with Crippen molar-refractivity contribution in [2.75, 3.05) is 33.5 Å². The number of likely N-dealkylation sites (N-methyl/N-ethyl adjacent to an activating group) is 1. The Kier molecular flexibility index (Phi) is 14.5. The summed E-state index contributed by atoms with van der Waals surface area (Å²) in [5.41, 5.74) is 5.41. The predicted molar refractivity (Wildman–Crippen MR) is 224 cm³/mol. The number of nitrogens with zero attached hydrogens (tertiary/aromatic N) is 3. The molecular formula is C46H57N3O10. The van der Waals surface area contributed by atoms with Crippen molar-refractivity contribution in [1.82, 2.24) is 4.90 Å². The number of nitro groups is 1. The molecule has 3 aromatic carbocycles. The van der Waals surface area contributed by atoms with Gasteiger partial charge in [0.05, 0.1) is 29.8 Å². The van der Waals surface area contributed by atoms with Crippen molar-refractivity contribution in [3.63, 3.8) is 0 Å². The molecular weight excluding hydrogens is 755 g/mol. The number of aryl methyl sites for hydroxylation is 2. The molecule has 1 fully saturated rings. The normalized spacial score (nSPS) is 23.6. The molecule has 316 valence electrons. The van der Waals surface area contributed by atoms with Gasteiger partial charge in [-0.15, -0.1) is 6.58 Å². The van der Waals surface area contributed by atoms with Gasteiger partial charge >= 0.3 is 6.09 Å². The summed E-state index contributed by atoms with van der Waals surface area (Å²) in [4.78, 5) is 32.1. The molecule has 13 heteroatoms. The maximum atomic E-state index is 13.7. The molecule has 2 aliphatic carbocycles. The number of aliphatic hydroxyl groups excluding tert-OH is 2. The molecule has 6 rings (SSSR count). The van der Waals surface area contributed by atoms with Gasteiger partial charge < -0.3 is 38.9 Å². The molecule has 1 saturated carbocycles. The first-order valence-electron chi connectivity index (χ1n) is 20.6. The van der Waals surface area contributed by atoms with Gasteiger partial charge in [0.1, 0.15) is 29.9 Å². The summed E-state index contributed by atoms with van der Waals surface area (Å²) in [6, 6.07) is 17.3. The van der Waals surface area contributed by atoms with Crippen LogP contribution >= 0.6 is 0 Å². The van der Waals surface area contributed by atoms with Crippen LogP contribution in [0.5, 0.6) is 17.2 Å². The molecule has 6 atom stereocenters. The van der Waals surface area contributed by atoms with Crippen LogP contribution in [0.4, 0.5) is 10.5 Å². The van der Waals surface area contributed by atoms with Gasteiger partial charge in [-0.1, -0.05) is 36.2 Å². The highest BCUT2D eigenvalue weighted by Gasteiger charge is 2.65. The maximum Gasteiger partial charge on any atom is 0.409 e. The Morgan fingerprint density at radius 1 is 1.02 bits per heavy atom. The minimum absolute atomic E-state index is 0.0210. The molecule has 0 spiro atoms. The number of rotatable bonds is 19. The summed E-state index contributed by atoms with van der Waals surface area (Å²) in [7, 11) is 1.68. The van der Waals surface area contributed by atoms with E-state index in [4.69, 9.17) is 28.9 Å². The second-order valence-electron chi connectivity index (χ2n) is 15.6. The third-order valence-electron chi connectivity index (χ3n) is 11.9. The lowest BCUT2D eigenvalue weighted by Crippen LogP contribution is -2.69. The van der Waals surface area contributed by atoms with Gasteiger partial charge in [-0.05, 0) is 123 Å². The van der Waals surface area contributed by atoms with Gasteiger partial charge in [-0.25, -0.2) is 4.79 Å². The Morgan fingerprint density at radius 2 is 1.73 bits per heavy atom. The topological polar surface area (TPSA) is 162 Å². The van der Waals surface area contributed by atoms with Crippen LogP contribution in [0.3, 0.4) is 0 Å². The van der Waals surface area contributed by atoms with E-state index in [2.05, 4.69) is 32.6 Å². The van der Waals surface area contributed by atoms with Crippen LogP contribution in [0.2, 0.25) is 0 Å². The number of oxime groups is 1. The first-order valence-corrected chi connectivity index (χ1v) is 20.6. The number of nitro benzene ring substituents is 1. The van der Waals surface area contributed by atoms with Gasteiger partial charge in [0.2, 0.25) is 5.79 Å². The summed E-state index contributed by atoms with van der Waals surface area (Å²) in [5.74, 6) is -0.0981. The lowest BCUT2D eigenvalue weighted by Gasteiger charge is -2.59. The molecule has 1 amide bonds. The van der Waals surface area contributed by atoms with Crippen LogP contribution in [-0.4, -0.2) is 77.1 Å². The van der Waals surface area contributed by atoms with Crippen LogP contribution in [0.1, 0.15) is 80.0 Å². The summed E-state index contributed by atoms with van der Waals surface area (Å²) >= 11 is 0. The quantitative estimate of drug-likeness (QED) is 0.0517. The number of benzene rings is 3. The second-order valence-corrected chi connectivity index (χ2v) is 15.6. The molecule has 6 unspecified atom stereocenters. The second kappa shape index (κ2) is 19.7. The molecule has 13 nitrogen and oxygen atoms in total. The Morgan fingerprint density at radius 3 is 2.41 bits per heavy atom. The Bertz CT molecular complexity index is 2020. The fourth-order valence-electron chi connectivity index (χ4n) is 8.96. The summed E-state index contributed by atoms with van der Waals surface area (Å²) in [6.45, 7) is 10.4. The number of carbonyl (C=O) groups is 1. The molecule has 0 saturated heterocycles. The number of hydrogen-bond donors (Lipinski definition) is 2. The van der Waals surface area contributed by atoms with Gasteiger partial charge in [0.25, 0.3) is 5.69 Å². The highest BCUT2D eigenvalue weighted by Crippen LogP contribution is 2.62. The number of amides is 1. The maximum absolute atomic E-state index is 13.7. The number of aliphatic hydroxyl groups is 2. The number of non-ortho nitro benzene ring substituents is 1. The molecule has 59 heavy (non-hydrogen) atoms. The van der Waals surface area contributed by atoms with Gasteiger partial charge in [0, 0.05) is 50.3 Å². The smallest absolute Gasteiger partial charge is 0.409 e. The zero-order valence-corrected chi connectivity index (χ0v) is 34.5. The van der Waals surface area contributed by atoms with E-state index >= 15 is 0 Å². The highest BCUT2D eigenvalue weighted by molar-refractivity contribution is 6.03. The van der Waals surface area contributed by atoms with Crippen molar-refractivity contribution in [2.24, 2.45) is 22.9 Å². The van der Waals surface area contributed by atoms with Crippen molar-refractivity contribution < 1.29 is 43.7 Å². The van der Waals surface area contributed by atoms with Crippen LogP contribution < -0.4 is 9.47 Å². The van der Waals surface area contributed by atoms with E-state index in [1.165, 1.54) is 22.6 Å². The molecule has 1 aliphatic heterocycles.